The summed E-state index contributed by atoms with van der Waals surface area (Å²) in [5, 5.41) is 6.09. The number of benzene rings is 1. The summed E-state index contributed by atoms with van der Waals surface area (Å²) in [5.74, 6) is 1.55. The second-order valence-corrected chi connectivity index (χ2v) is 7.58. The van der Waals surface area contributed by atoms with E-state index in [-0.39, 0.29) is 12.1 Å². The lowest BCUT2D eigenvalue weighted by Gasteiger charge is -2.23. The number of likely N-dealkylation sites (tertiary alicyclic amines) is 1. The molecule has 2 heterocycles. The highest BCUT2D eigenvalue weighted by atomic mass is 16.5. The first kappa shape index (κ1) is 17.5. The maximum absolute atomic E-state index is 12.2. The average molecular weight is 359 g/mol. The van der Waals surface area contributed by atoms with Crippen molar-refractivity contribution in [3.63, 3.8) is 0 Å². The highest BCUT2D eigenvalue weighted by Crippen LogP contribution is 2.30. The van der Waals surface area contributed by atoms with E-state index in [1.165, 1.54) is 25.7 Å². The molecule has 1 aromatic rings. The number of rotatable bonds is 4. The smallest absolute Gasteiger partial charge is 0.315 e. The molecule has 0 aromatic heterocycles. The topological polar surface area (TPSA) is 62.8 Å². The fourth-order valence-corrected chi connectivity index (χ4v) is 4.24. The number of carbonyl (C=O) groups excluding carboxylic acids is 1. The molecule has 1 unspecified atom stereocenters. The fraction of sp³-hybridized carbons (Fsp3) is 0.650. The van der Waals surface area contributed by atoms with Gasteiger partial charge in [0, 0.05) is 38.1 Å². The number of nitrogens with zero attached hydrogens (tertiary/aromatic N) is 1. The molecule has 1 aliphatic carbocycles. The second-order valence-electron chi connectivity index (χ2n) is 7.58. The van der Waals surface area contributed by atoms with Gasteiger partial charge in [-0.3, -0.25) is 4.90 Å². The molecular formula is C20H29N3O3. The molecular weight excluding hydrogens is 330 g/mol. The number of urea groups is 1. The molecule has 2 N–H and O–H groups in total. The third kappa shape index (κ3) is 4.23. The quantitative estimate of drug-likeness (QED) is 0.868. The first-order valence-electron chi connectivity index (χ1n) is 9.95. The first-order chi connectivity index (χ1) is 12.8. The van der Waals surface area contributed by atoms with Gasteiger partial charge in [0.15, 0.2) is 11.5 Å². The Kier molecular flexibility index (Phi) is 5.48. The second kappa shape index (κ2) is 8.16. The van der Waals surface area contributed by atoms with E-state index >= 15 is 0 Å². The lowest BCUT2D eigenvalue weighted by Crippen LogP contribution is -2.43. The van der Waals surface area contributed by atoms with Gasteiger partial charge in [-0.2, -0.15) is 0 Å². The van der Waals surface area contributed by atoms with Gasteiger partial charge in [0.2, 0.25) is 0 Å². The lowest BCUT2D eigenvalue weighted by atomic mass is 10.2. The van der Waals surface area contributed by atoms with E-state index < -0.39 is 0 Å². The van der Waals surface area contributed by atoms with Crippen LogP contribution in [0.3, 0.4) is 0 Å². The van der Waals surface area contributed by atoms with E-state index in [4.69, 9.17) is 9.47 Å². The zero-order valence-electron chi connectivity index (χ0n) is 15.3. The van der Waals surface area contributed by atoms with Gasteiger partial charge in [-0.25, -0.2) is 4.79 Å². The minimum Gasteiger partial charge on any atom is -0.490 e. The van der Waals surface area contributed by atoms with Crippen LogP contribution in [-0.4, -0.2) is 49.3 Å². The molecule has 3 aliphatic rings. The minimum atomic E-state index is -0.0876. The summed E-state index contributed by atoms with van der Waals surface area (Å²) in [4.78, 5) is 14.8. The Bertz CT molecular complexity index is 631. The first-order valence-corrected chi connectivity index (χ1v) is 9.95. The van der Waals surface area contributed by atoms with Crippen molar-refractivity contribution in [2.75, 3.05) is 26.3 Å². The molecule has 1 aromatic carbocycles. The number of nitrogens with one attached hydrogen (secondary N) is 2. The molecule has 2 fully saturated rings. The highest BCUT2D eigenvalue weighted by molar-refractivity contribution is 5.74. The zero-order valence-corrected chi connectivity index (χ0v) is 15.3. The van der Waals surface area contributed by atoms with E-state index in [0.29, 0.717) is 19.8 Å². The largest absolute Gasteiger partial charge is 0.490 e. The van der Waals surface area contributed by atoms with E-state index in [9.17, 15) is 4.79 Å². The van der Waals surface area contributed by atoms with Crippen LogP contribution in [0.25, 0.3) is 0 Å². The Morgan fingerprint density at radius 3 is 2.73 bits per heavy atom. The Hall–Kier alpha value is -1.95. The van der Waals surface area contributed by atoms with Gasteiger partial charge in [-0.15, -0.1) is 0 Å². The molecule has 6 heteroatoms. The van der Waals surface area contributed by atoms with Crippen molar-refractivity contribution in [1.29, 1.82) is 0 Å². The summed E-state index contributed by atoms with van der Waals surface area (Å²) in [7, 11) is 0. The van der Waals surface area contributed by atoms with Crippen molar-refractivity contribution >= 4 is 6.03 Å². The maximum Gasteiger partial charge on any atom is 0.315 e. The number of hydrogen-bond acceptors (Lipinski definition) is 4. The third-order valence-electron chi connectivity index (χ3n) is 5.66. The number of hydrogen-bond donors (Lipinski definition) is 2. The van der Waals surface area contributed by atoms with Crippen LogP contribution >= 0.6 is 0 Å². The SMILES string of the molecule is O=C(NCc1ccc2c(c1)OCCCO2)NC1CCN(C2CCCC2)C1. The lowest BCUT2D eigenvalue weighted by molar-refractivity contribution is 0.227. The molecule has 1 saturated heterocycles. The highest BCUT2D eigenvalue weighted by Gasteiger charge is 2.30. The summed E-state index contributed by atoms with van der Waals surface area (Å²) < 4.78 is 11.3. The van der Waals surface area contributed by atoms with Crippen molar-refractivity contribution in [2.24, 2.45) is 0 Å². The standard InChI is InChI=1S/C20H29N3O3/c24-20(22-16-8-9-23(14-16)17-4-1-2-5-17)21-13-15-6-7-18-19(12-15)26-11-3-10-25-18/h6-7,12,16-17H,1-5,8-11,13-14H2,(H2,21,22,24). The predicted octanol–water partition coefficient (Wildman–Crippen LogP) is 2.66. The molecule has 0 bridgehead atoms. The van der Waals surface area contributed by atoms with E-state index in [1.807, 2.05) is 18.2 Å². The van der Waals surface area contributed by atoms with Crippen molar-refractivity contribution in [3.8, 4) is 11.5 Å². The van der Waals surface area contributed by atoms with Gasteiger partial charge in [0.05, 0.1) is 13.2 Å². The predicted molar refractivity (Wildman–Crippen MR) is 99.7 cm³/mol. The van der Waals surface area contributed by atoms with Crippen LogP contribution < -0.4 is 20.1 Å². The molecule has 2 aliphatic heterocycles. The van der Waals surface area contributed by atoms with E-state index in [2.05, 4.69) is 15.5 Å². The average Bonchev–Trinajstić information content (AvgIpc) is 3.27. The molecule has 2 amide bonds. The summed E-state index contributed by atoms with van der Waals surface area (Å²) in [6.07, 6.45) is 7.30. The van der Waals surface area contributed by atoms with Gasteiger partial charge in [0.1, 0.15) is 0 Å². The number of ether oxygens (including phenoxy) is 2. The fourth-order valence-electron chi connectivity index (χ4n) is 4.24. The normalized spacial score (nSPS) is 23.6. The molecule has 1 saturated carbocycles. The number of amides is 2. The Balaban J connectivity index is 1.23. The number of fused-ring (bicyclic) bond motifs is 1. The monoisotopic (exact) mass is 359 g/mol. The van der Waals surface area contributed by atoms with Crippen molar-refractivity contribution in [1.82, 2.24) is 15.5 Å². The van der Waals surface area contributed by atoms with Crippen molar-refractivity contribution < 1.29 is 14.3 Å². The summed E-state index contributed by atoms with van der Waals surface area (Å²) in [6.45, 7) is 3.94. The van der Waals surface area contributed by atoms with Crippen LogP contribution in [-0.2, 0) is 6.54 Å². The van der Waals surface area contributed by atoms with E-state index in [1.54, 1.807) is 0 Å². The van der Waals surface area contributed by atoms with E-state index in [0.717, 1.165) is 49.0 Å². The molecule has 142 valence electrons. The molecule has 1 atom stereocenters. The zero-order chi connectivity index (χ0) is 17.8. The van der Waals surface area contributed by atoms with Gasteiger partial charge in [-0.1, -0.05) is 18.9 Å². The van der Waals surface area contributed by atoms with Crippen LogP contribution in [0.5, 0.6) is 11.5 Å². The van der Waals surface area contributed by atoms with Gasteiger partial charge in [0.25, 0.3) is 0 Å². The Morgan fingerprint density at radius 1 is 1.08 bits per heavy atom. The molecule has 0 radical (unpaired) electrons. The summed E-state index contributed by atoms with van der Waals surface area (Å²) in [5.41, 5.74) is 1.02. The van der Waals surface area contributed by atoms with Crippen molar-refractivity contribution in [2.45, 2.75) is 57.2 Å². The molecule has 4 rings (SSSR count). The summed E-state index contributed by atoms with van der Waals surface area (Å²) in [6, 6.07) is 6.77. The van der Waals surface area contributed by atoms with Crippen LogP contribution in [0.15, 0.2) is 18.2 Å². The maximum atomic E-state index is 12.2. The Labute approximate surface area is 155 Å². The van der Waals surface area contributed by atoms with Crippen molar-refractivity contribution in [3.05, 3.63) is 23.8 Å². The van der Waals surface area contributed by atoms with Gasteiger partial charge >= 0.3 is 6.03 Å². The molecule has 0 spiro atoms. The van der Waals surface area contributed by atoms with Crippen LogP contribution in [0.1, 0.15) is 44.1 Å². The van der Waals surface area contributed by atoms with Crippen LogP contribution in [0.4, 0.5) is 4.79 Å². The van der Waals surface area contributed by atoms with Crippen LogP contribution in [0.2, 0.25) is 0 Å². The molecule has 26 heavy (non-hydrogen) atoms. The summed E-state index contributed by atoms with van der Waals surface area (Å²) >= 11 is 0. The van der Waals surface area contributed by atoms with Gasteiger partial charge < -0.3 is 20.1 Å². The van der Waals surface area contributed by atoms with Crippen LogP contribution in [0, 0.1) is 0 Å². The molecule has 6 nitrogen and oxygen atoms in total. The van der Waals surface area contributed by atoms with Gasteiger partial charge in [-0.05, 0) is 37.0 Å². The third-order valence-corrected chi connectivity index (χ3v) is 5.66. The number of carbonyl (C=O) groups is 1. The minimum absolute atomic E-state index is 0.0876. The Morgan fingerprint density at radius 2 is 1.88 bits per heavy atom.